The lowest BCUT2D eigenvalue weighted by molar-refractivity contribution is -0.120. The number of piperidine rings is 1. The van der Waals surface area contributed by atoms with E-state index in [9.17, 15) is 14.4 Å². The molecule has 0 aromatic heterocycles. The van der Waals surface area contributed by atoms with Crippen LogP contribution in [0, 0.1) is 0 Å². The Morgan fingerprint density at radius 1 is 0.848 bits per heavy atom. The normalized spacial score (nSPS) is 15.5. The molecular weight excluding hydrogens is 576 g/mol. The van der Waals surface area contributed by atoms with Gasteiger partial charge in [0, 0.05) is 16.9 Å². The molecule has 2 N–H and O–H groups in total. The lowest BCUT2D eigenvalue weighted by Gasteiger charge is -2.30. The van der Waals surface area contributed by atoms with Crippen LogP contribution in [0.1, 0.15) is 53.2 Å². The number of nitrogens with zero attached hydrogens (tertiary/aromatic N) is 2. The summed E-state index contributed by atoms with van der Waals surface area (Å²) >= 11 is 0. The molecule has 0 atom stereocenters. The standard InChI is InChI=1S/C38H38N4O4/c1-2-46-38(45)29-16-21-32-33(24-29)40-37(44)35(32)36(28-14-8-4-9-15-28)39-30-17-19-31(20-18-30)42(25-27-12-6-3-7-13-27)34(43)26-41-22-10-5-11-23-41/h3-4,6-9,12-21,24,39H,2,5,10-11,22-23,25-26H2,1H3,(H,40,44). The maximum absolute atomic E-state index is 13.7. The summed E-state index contributed by atoms with van der Waals surface area (Å²) in [5, 5.41) is 6.41. The van der Waals surface area contributed by atoms with E-state index in [2.05, 4.69) is 15.5 Å². The lowest BCUT2D eigenvalue weighted by Crippen LogP contribution is -2.42. The highest BCUT2D eigenvalue weighted by Gasteiger charge is 2.29. The van der Waals surface area contributed by atoms with Gasteiger partial charge in [0.25, 0.3) is 5.91 Å². The van der Waals surface area contributed by atoms with Crippen molar-refractivity contribution in [2.45, 2.75) is 32.7 Å². The lowest BCUT2D eigenvalue weighted by atomic mass is 9.99. The van der Waals surface area contributed by atoms with E-state index in [0.717, 1.165) is 48.4 Å². The van der Waals surface area contributed by atoms with Crippen LogP contribution in [-0.2, 0) is 20.9 Å². The zero-order valence-corrected chi connectivity index (χ0v) is 26.0. The number of ether oxygens (including phenoxy) is 1. The predicted octanol–water partition coefficient (Wildman–Crippen LogP) is 6.81. The first kappa shape index (κ1) is 30.8. The Hall–Kier alpha value is -5.21. The second kappa shape index (κ2) is 14.3. The molecule has 0 aliphatic carbocycles. The average Bonchev–Trinajstić information content (AvgIpc) is 3.42. The third-order valence-electron chi connectivity index (χ3n) is 8.33. The summed E-state index contributed by atoms with van der Waals surface area (Å²) in [6.45, 7) is 4.79. The fourth-order valence-corrected chi connectivity index (χ4v) is 6.00. The molecule has 4 aromatic rings. The molecule has 0 spiro atoms. The maximum Gasteiger partial charge on any atom is 0.338 e. The Morgan fingerprint density at radius 3 is 2.24 bits per heavy atom. The van der Waals surface area contributed by atoms with Crippen molar-refractivity contribution in [1.29, 1.82) is 0 Å². The minimum atomic E-state index is -0.436. The van der Waals surface area contributed by atoms with Crippen LogP contribution in [0.25, 0.3) is 11.3 Å². The Balaban J connectivity index is 1.31. The number of fused-ring (bicyclic) bond motifs is 1. The summed E-state index contributed by atoms with van der Waals surface area (Å²) in [7, 11) is 0. The minimum absolute atomic E-state index is 0.0694. The van der Waals surface area contributed by atoms with Gasteiger partial charge in [-0.3, -0.25) is 14.5 Å². The van der Waals surface area contributed by atoms with Crippen LogP contribution in [0.15, 0.2) is 103 Å². The number of rotatable bonds is 10. The van der Waals surface area contributed by atoms with Crippen molar-refractivity contribution in [1.82, 2.24) is 4.90 Å². The number of hydrogen-bond donors (Lipinski definition) is 2. The van der Waals surface area contributed by atoms with Gasteiger partial charge in [-0.2, -0.15) is 0 Å². The van der Waals surface area contributed by atoms with Crippen LogP contribution in [0.3, 0.4) is 0 Å². The molecule has 8 heteroatoms. The first-order valence-corrected chi connectivity index (χ1v) is 15.9. The third kappa shape index (κ3) is 7.03. The highest BCUT2D eigenvalue weighted by atomic mass is 16.5. The summed E-state index contributed by atoms with van der Waals surface area (Å²) < 4.78 is 5.15. The second-order valence-corrected chi connectivity index (χ2v) is 11.5. The van der Waals surface area contributed by atoms with Gasteiger partial charge in [-0.15, -0.1) is 0 Å². The molecule has 2 aliphatic heterocycles. The Bertz CT molecular complexity index is 1730. The van der Waals surface area contributed by atoms with E-state index in [1.807, 2.05) is 89.8 Å². The minimum Gasteiger partial charge on any atom is -0.462 e. The number of nitrogens with one attached hydrogen (secondary N) is 2. The molecule has 0 bridgehead atoms. The van der Waals surface area contributed by atoms with E-state index in [1.54, 1.807) is 25.1 Å². The zero-order valence-electron chi connectivity index (χ0n) is 26.0. The second-order valence-electron chi connectivity index (χ2n) is 11.5. The van der Waals surface area contributed by atoms with Gasteiger partial charge >= 0.3 is 5.97 Å². The number of carbonyl (C=O) groups excluding carboxylic acids is 3. The van der Waals surface area contributed by atoms with Crippen LogP contribution in [-0.4, -0.2) is 48.9 Å². The van der Waals surface area contributed by atoms with Crippen molar-refractivity contribution < 1.29 is 19.1 Å². The van der Waals surface area contributed by atoms with Gasteiger partial charge in [0.2, 0.25) is 5.91 Å². The molecule has 4 aromatic carbocycles. The predicted molar refractivity (Wildman–Crippen MR) is 182 cm³/mol. The quantitative estimate of drug-likeness (QED) is 0.151. The first-order chi connectivity index (χ1) is 22.5. The Kier molecular flexibility index (Phi) is 9.55. The van der Waals surface area contributed by atoms with E-state index >= 15 is 0 Å². The van der Waals surface area contributed by atoms with Gasteiger partial charge in [0.05, 0.1) is 42.2 Å². The van der Waals surface area contributed by atoms with E-state index < -0.39 is 5.97 Å². The molecule has 2 heterocycles. The van der Waals surface area contributed by atoms with E-state index in [4.69, 9.17) is 4.74 Å². The van der Waals surface area contributed by atoms with Crippen molar-refractivity contribution in [3.05, 3.63) is 125 Å². The SMILES string of the molecule is CCOC(=O)c1ccc2c(c1)NC(=O)C2=C(Nc1ccc(N(Cc2ccccc2)C(=O)CN2CCCCC2)cc1)c1ccccc1. The Morgan fingerprint density at radius 2 is 1.54 bits per heavy atom. The molecule has 234 valence electrons. The number of carbonyl (C=O) groups is 3. The fourth-order valence-electron chi connectivity index (χ4n) is 6.00. The van der Waals surface area contributed by atoms with Crippen LogP contribution in [0.4, 0.5) is 17.1 Å². The molecule has 0 radical (unpaired) electrons. The summed E-state index contributed by atoms with van der Waals surface area (Å²) in [6.07, 6.45) is 3.47. The molecule has 0 unspecified atom stereocenters. The molecule has 1 saturated heterocycles. The summed E-state index contributed by atoms with van der Waals surface area (Å²) in [4.78, 5) is 43.5. The molecule has 8 nitrogen and oxygen atoms in total. The highest BCUT2D eigenvalue weighted by molar-refractivity contribution is 6.37. The van der Waals surface area contributed by atoms with Crippen molar-refractivity contribution >= 4 is 46.1 Å². The molecule has 1 fully saturated rings. The smallest absolute Gasteiger partial charge is 0.338 e. The summed E-state index contributed by atoms with van der Waals surface area (Å²) in [5.74, 6) is -0.634. The van der Waals surface area contributed by atoms with Crippen LogP contribution >= 0.6 is 0 Å². The highest BCUT2D eigenvalue weighted by Crippen LogP contribution is 2.38. The van der Waals surface area contributed by atoms with Crippen molar-refractivity contribution in [2.24, 2.45) is 0 Å². The van der Waals surface area contributed by atoms with Crippen LogP contribution < -0.4 is 15.5 Å². The number of benzene rings is 4. The number of anilines is 3. The summed E-state index contributed by atoms with van der Waals surface area (Å²) in [5.41, 5.74) is 6.20. The molecule has 2 amide bonds. The van der Waals surface area contributed by atoms with Crippen LogP contribution in [0.5, 0.6) is 0 Å². The van der Waals surface area contributed by atoms with Gasteiger partial charge in [-0.25, -0.2) is 4.79 Å². The summed E-state index contributed by atoms with van der Waals surface area (Å²) in [6, 6.07) is 32.6. The third-order valence-corrected chi connectivity index (χ3v) is 8.33. The monoisotopic (exact) mass is 614 g/mol. The van der Waals surface area contributed by atoms with Gasteiger partial charge in [0.1, 0.15) is 0 Å². The van der Waals surface area contributed by atoms with Crippen LogP contribution in [0.2, 0.25) is 0 Å². The zero-order chi connectivity index (χ0) is 31.9. The molecule has 6 rings (SSSR count). The first-order valence-electron chi connectivity index (χ1n) is 15.9. The molecular formula is C38H38N4O4. The molecule has 46 heavy (non-hydrogen) atoms. The van der Waals surface area contributed by atoms with Gasteiger partial charge < -0.3 is 20.3 Å². The number of likely N-dealkylation sites (tertiary alicyclic amines) is 1. The molecule has 0 saturated carbocycles. The average molecular weight is 615 g/mol. The van der Waals surface area contributed by atoms with Crippen molar-refractivity contribution in [3.8, 4) is 0 Å². The van der Waals surface area contributed by atoms with E-state index in [0.29, 0.717) is 41.2 Å². The fraction of sp³-hybridized carbons (Fsp3) is 0.237. The number of amides is 2. The van der Waals surface area contributed by atoms with Crippen molar-refractivity contribution in [2.75, 3.05) is 41.8 Å². The largest absolute Gasteiger partial charge is 0.462 e. The topological polar surface area (TPSA) is 91.0 Å². The van der Waals surface area contributed by atoms with Gasteiger partial charge in [-0.1, -0.05) is 73.2 Å². The van der Waals surface area contributed by atoms with E-state index in [-0.39, 0.29) is 18.4 Å². The molecule has 2 aliphatic rings. The maximum atomic E-state index is 13.7. The Labute approximate surface area is 269 Å². The number of esters is 1. The van der Waals surface area contributed by atoms with Gasteiger partial charge in [-0.05, 0) is 80.4 Å². The number of hydrogen-bond acceptors (Lipinski definition) is 6. The van der Waals surface area contributed by atoms with E-state index in [1.165, 1.54) is 6.42 Å². The van der Waals surface area contributed by atoms with Crippen molar-refractivity contribution in [3.63, 3.8) is 0 Å². The van der Waals surface area contributed by atoms with Gasteiger partial charge in [0.15, 0.2) is 0 Å².